The van der Waals surface area contributed by atoms with Crippen molar-refractivity contribution in [2.75, 3.05) is 0 Å². The van der Waals surface area contributed by atoms with E-state index in [9.17, 15) is 9.59 Å². The molecule has 0 bridgehead atoms. The summed E-state index contributed by atoms with van der Waals surface area (Å²) >= 11 is 0. The Balaban J connectivity index is 2.76. The Kier molecular flexibility index (Phi) is 6.22. The monoisotopic (exact) mass is 277 g/mol. The van der Waals surface area contributed by atoms with Gasteiger partial charge in [-0.3, -0.25) is 0 Å². The molecule has 0 aliphatic carbocycles. The summed E-state index contributed by atoms with van der Waals surface area (Å²) < 4.78 is 5.42. The van der Waals surface area contributed by atoms with Crippen molar-refractivity contribution in [1.82, 2.24) is 4.90 Å². The van der Waals surface area contributed by atoms with Gasteiger partial charge in [-0.25, -0.2) is 4.79 Å². The van der Waals surface area contributed by atoms with E-state index in [0.717, 1.165) is 11.8 Å². The zero-order chi connectivity index (χ0) is 15.1. The second-order valence-electron chi connectivity index (χ2n) is 5.32. The molecule has 0 saturated heterocycles. The van der Waals surface area contributed by atoms with Crippen molar-refractivity contribution in [3.63, 3.8) is 0 Å². The third-order valence-corrected chi connectivity index (χ3v) is 2.98. The van der Waals surface area contributed by atoms with Crippen LogP contribution in [0.3, 0.4) is 0 Å². The first-order valence-corrected chi connectivity index (χ1v) is 6.98. The standard InChI is InChI=1S/C16H23NO3/c1-12(2)17(13(3)4)16(19)20-15-9-5-7-14(11-15)8-6-10-18/h5,7,9-13H,6,8H2,1-4H3. The minimum atomic E-state index is -0.345. The summed E-state index contributed by atoms with van der Waals surface area (Å²) in [4.78, 5) is 24.2. The van der Waals surface area contributed by atoms with E-state index in [1.807, 2.05) is 39.8 Å². The number of hydrogen-bond donors (Lipinski definition) is 0. The van der Waals surface area contributed by atoms with Crippen LogP contribution in [0.4, 0.5) is 4.79 Å². The molecule has 0 aromatic heterocycles. The second kappa shape index (κ2) is 7.68. The highest BCUT2D eigenvalue weighted by atomic mass is 16.6. The number of aldehydes is 1. The van der Waals surface area contributed by atoms with Crippen LogP contribution in [-0.4, -0.2) is 29.4 Å². The molecule has 110 valence electrons. The van der Waals surface area contributed by atoms with Crippen molar-refractivity contribution in [2.45, 2.75) is 52.6 Å². The van der Waals surface area contributed by atoms with E-state index in [4.69, 9.17) is 4.74 Å². The number of benzene rings is 1. The van der Waals surface area contributed by atoms with Gasteiger partial charge in [0, 0.05) is 18.5 Å². The molecule has 0 heterocycles. The number of amides is 1. The zero-order valence-corrected chi connectivity index (χ0v) is 12.6. The molecule has 0 aliphatic rings. The lowest BCUT2D eigenvalue weighted by atomic mass is 10.1. The zero-order valence-electron chi connectivity index (χ0n) is 12.6. The Labute approximate surface area is 120 Å². The van der Waals surface area contributed by atoms with E-state index < -0.39 is 0 Å². The van der Waals surface area contributed by atoms with Gasteiger partial charge < -0.3 is 14.4 Å². The van der Waals surface area contributed by atoms with Crippen molar-refractivity contribution in [1.29, 1.82) is 0 Å². The number of hydrogen-bond acceptors (Lipinski definition) is 3. The molecule has 0 fully saturated rings. The molecule has 1 amide bonds. The highest BCUT2D eigenvalue weighted by Gasteiger charge is 2.22. The van der Waals surface area contributed by atoms with Gasteiger partial charge in [-0.1, -0.05) is 12.1 Å². The van der Waals surface area contributed by atoms with E-state index in [1.54, 1.807) is 17.0 Å². The molecule has 4 nitrogen and oxygen atoms in total. The first-order valence-electron chi connectivity index (χ1n) is 6.98. The summed E-state index contributed by atoms with van der Waals surface area (Å²) in [6.07, 6.45) is 1.68. The smallest absolute Gasteiger partial charge is 0.410 e. The van der Waals surface area contributed by atoms with Crippen LogP contribution in [0.15, 0.2) is 24.3 Å². The molecular formula is C16H23NO3. The fourth-order valence-corrected chi connectivity index (χ4v) is 2.16. The van der Waals surface area contributed by atoms with E-state index in [1.165, 1.54) is 0 Å². The van der Waals surface area contributed by atoms with Gasteiger partial charge in [0.1, 0.15) is 12.0 Å². The van der Waals surface area contributed by atoms with Crippen LogP contribution in [-0.2, 0) is 11.2 Å². The Morgan fingerprint density at radius 2 is 1.90 bits per heavy atom. The van der Waals surface area contributed by atoms with Gasteiger partial charge in [-0.05, 0) is 51.8 Å². The van der Waals surface area contributed by atoms with Gasteiger partial charge in [-0.15, -0.1) is 0 Å². The van der Waals surface area contributed by atoms with Gasteiger partial charge in [0.05, 0.1) is 0 Å². The molecule has 1 aromatic rings. The van der Waals surface area contributed by atoms with Gasteiger partial charge >= 0.3 is 6.09 Å². The van der Waals surface area contributed by atoms with Crippen molar-refractivity contribution < 1.29 is 14.3 Å². The number of nitrogens with zero attached hydrogens (tertiary/aromatic N) is 1. The fourth-order valence-electron chi connectivity index (χ4n) is 2.16. The van der Waals surface area contributed by atoms with Crippen LogP contribution in [0.2, 0.25) is 0 Å². The predicted molar refractivity (Wildman–Crippen MR) is 79.0 cm³/mol. The predicted octanol–water partition coefficient (Wildman–Crippen LogP) is 3.44. The van der Waals surface area contributed by atoms with Crippen LogP contribution in [0.5, 0.6) is 5.75 Å². The second-order valence-corrected chi connectivity index (χ2v) is 5.32. The Hall–Kier alpha value is -1.84. The minimum Gasteiger partial charge on any atom is -0.410 e. The summed E-state index contributed by atoms with van der Waals surface area (Å²) in [7, 11) is 0. The summed E-state index contributed by atoms with van der Waals surface area (Å²) in [6, 6.07) is 7.48. The van der Waals surface area contributed by atoms with Crippen molar-refractivity contribution >= 4 is 12.4 Å². The maximum atomic E-state index is 12.2. The quantitative estimate of drug-likeness (QED) is 0.748. The lowest BCUT2D eigenvalue weighted by Gasteiger charge is -2.29. The molecule has 1 rings (SSSR count). The molecule has 0 spiro atoms. The van der Waals surface area contributed by atoms with Crippen molar-refractivity contribution in [3.8, 4) is 5.75 Å². The summed E-state index contributed by atoms with van der Waals surface area (Å²) in [5, 5.41) is 0. The number of aryl methyl sites for hydroxylation is 1. The number of carbonyl (C=O) groups is 2. The summed E-state index contributed by atoms with van der Waals surface area (Å²) in [5.41, 5.74) is 0.989. The lowest BCUT2D eigenvalue weighted by molar-refractivity contribution is -0.107. The Bertz CT molecular complexity index is 447. The molecule has 0 atom stereocenters. The van der Waals surface area contributed by atoms with Crippen LogP contribution >= 0.6 is 0 Å². The molecule has 0 N–H and O–H groups in total. The van der Waals surface area contributed by atoms with Crippen LogP contribution < -0.4 is 4.74 Å². The van der Waals surface area contributed by atoms with Crippen molar-refractivity contribution in [3.05, 3.63) is 29.8 Å². The SMILES string of the molecule is CC(C)N(C(=O)Oc1cccc(CCC=O)c1)C(C)C. The largest absolute Gasteiger partial charge is 0.415 e. The third kappa shape index (κ3) is 4.68. The average Bonchev–Trinajstić information content (AvgIpc) is 2.35. The molecule has 0 radical (unpaired) electrons. The van der Waals surface area contributed by atoms with E-state index in [-0.39, 0.29) is 18.2 Å². The van der Waals surface area contributed by atoms with Gasteiger partial charge in [0.25, 0.3) is 0 Å². The first-order chi connectivity index (χ1) is 9.45. The Morgan fingerprint density at radius 1 is 1.25 bits per heavy atom. The summed E-state index contributed by atoms with van der Waals surface area (Å²) in [6.45, 7) is 7.84. The van der Waals surface area contributed by atoms with Crippen LogP contribution in [0.25, 0.3) is 0 Å². The number of carbonyl (C=O) groups excluding carboxylic acids is 2. The molecular weight excluding hydrogens is 254 g/mol. The molecule has 20 heavy (non-hydrogen) atoms. The molecule has 4 heteroatoms. The maximum Gasteiger partial charge on any atom is 0.415 e. The third-order valence-electron chi connectivity index (χ3n) is 2.98. The highest BCUT2D eigenvalue weighted by Crippen LogP contribution is 2.17. The van der Waals surface area contributed by atoms with Gasteiger partial charge in [0.15, 0.2) is 0 Å². The molecule has 0 aliphatic heterocycles. The van der Waals surface area contributed by atoms with Gasteiger partial charge in [-0.2, -0.15) is 0 Å². The number of rotatable bonds is 6. The van der Waals surface area contributed by atoms with E-state index in [0.29, 0.717) is 18.6 Å². The van der Waals surface area contributed by atoms with Crippen LogP contribution in [0.1, 0.15) is 39.7 Å². The highest BCUT2D eigenvalue weighted by molar-refractivity contribution is 5.71. The molecule has 1 aromatic carbocycles. The molecule has 0 saturated carbocycles. The normalized spacial score (nSPS) is 10.7. The van der Waals surface area contributed by atoms with E-state index in [2.05, 4.69) is 0 Å². The van der Waals surface area contributed by atoms with E-state index >= 15 is 0 Å². The molecule has 0 unspecified atom stereocenters. The van der Waals surface area contributed by atoms with Crippen LogP contribution in [0, 0.1) is 0 Å². The maximum absolute atomic E-state index is 12.2. The average molecular weight is 277 g/mol. The van der Waals surface area contributed by atoms with Gasteiger partial charge in [0.2, 0.25) is 0 Å². The van der Waals surface area contributed by atoms with Crippen molar-refractivity contribution in [2.24, 2.45) is 0 Å². The number of ether oxygens (including phenoxy) is 1. The Morgan fingerprint density at radius 3 is 2.45 bits per heavy atom. The minimum absolute atomic E-state index is 0.0840. The lowest BCUT2D eigenvalue weighted by Crippen LogP contribution is -2.43. The topological polar surface area (TPSA) is 46.6 Å². The summed E-state index contributed by atoms with van der Waals surface area (Å²) in [5.74, 6) is 0.518. The fraction of sp³-hybridized carbons (Fsp3) is 0.500. The first kappa shape index (κ1) is 16.2.